The Kier molecular flexibility index (Phi) is 6.95. The average molecular weight is 333 g/mol. The molecule has 0 saturated heterocycles. The van der Waals surface area contributed by atoms with E-state index in [-0.39, 0.29) is 23.6 Å². The Balaban J connectivity index is 2.73. The van der Waals surface area contributed by atoms with E-state index < -0.39 is 5.54 Å². The van der Waals surface area contributed by atoms with Crippen LogP contribution in [0, 0.1) is 5.92 Å². The van der Waals surface area contributed by atoms with Gasteiger partial charge in [-0.2, -0.15) is 0 Å². The summed E-state index contributed by atoms with van der Waals surface area (Å²) in [7, 11) is 1.59. The van der Waals surface area contributed by atoms with Crippen molar-refractivity contribution in [2.45, 2.75) is 46.1 Å². The molecule has 1 aromatic carbocycles. The minimum absolute atomic E-state index is 0.0595. The molecule has 0 heterocycles. The number of hydrogen-bond donors (Lipinski definition) is 3. The van der Waals surface area contributed by atoms with Gasteiger partial charge in [-0.25, -0.2) is 0 Å². The van der Waals surface area contributed by atoms with Crippen LogP contribution in [0.4, 0.5) is 5.69 Å². The SMILES string of the molecule is CNC(=O)CCC(C)(C)NC(=O)c1cccc(NC(=O)C(C)C)c1. The van der Waals surface area contributed by atoms with E-state index in [1.54, 1.807) is 45.2 Å². The van der Waals surface area contributed by atoms with Crippen LogP contribution < -0.4 is 16.0 Å². The minimum atomic E-state index is -0.513. The molecule has 0 aromatic heterocycles. The maximum atomic E-state index is 12.4. The van der Waals surface area contributed by atoms with Crippen LogP contribution in [-0.4, -0.2) is 30.3 Å². The third kappa shape index (κ3) is 6.40. The lowest BCUT2D eigenvalue weighted by Gasteiger charge is -2.26. The molecule has 0 saturated carbocycles. The van der Waals surface area contributed by atoms with Crippen molar-refractivity contribution in [1.82, 2.24) is 10.6 Å². The van der Waals surface area contributed by atoms with Crippen molar-refractivity contribution in [2.75, 3.05) is 12.4 Å². The molecule has 6 nitrogen and oxygen atoms in total. The van der Waals surface area contributed by atoms with E-state index in [0.29, 0.717) is 24.1 Å². The van der Waals surface area contributed by atoms with Crippen molar-refractivity contribution >= 4 is 23.4 Å². The Morgan fingerprint density at radius 1 is 1.17 bits per heavy atom. The van der Waals surface area contributed by atoms with Crippen molar-refractivity contribution in [2.24, 2.45) is 5.92 Å². The van der Waals surface area contributed by atoms with Crippen molar-refractivity contribution in [3.8, 4) is 0 Å². The summed E-state index contributed by atoms with van der Waals surface area (Å²) < 4.78 is 0. The van der Waals surface area contributed by atoms with Crippen molar-refractivity contribution in [1.29, 1.82) is 0 Å². The highest BCUT2D eigenvalue weighted by molar-refractivity contribution is 5.97. The van der Waals surface area contributed by atoms with Gasteiger partial charge in [-0.1, -0.05) is 19.9 Å². The minimum Gasteiger partial charge on any atom is -0.359 e. The molecule has 24 heavy (non-hydrogen) atoms. The number of nitrogens with one attached hydrogen (secondary N) is 3. The first kappa shape index (κ1) is 19.7. The molecule has 0 bridgehead atoms. The molecule has 0 spiro atoms. The third-order valence-electron chi connectivity index (χ3n) is 3.62. The lowest BCUT2D eigenvalue weighted by Crippen LogP contribution is -2.44. The molecular formula is C18H27N3O3. The van der Waals surface area contributed by atoms with E-state index in [0.717, 1.165) is 0 Å². The van der Waals surface area contributed by atoms with Crippen LogP contribution in [0.1, 0.15) is 50.9 Å². The molecule has 1 aromatic rings. The van der Waals surface area contributed by atoms with Crippen molar-refractivity contribution < 1.29 is 14.4 Å². The standard InChI is InChI=1S/C18H27N3O3/c1-12(2)16(23)20-14-8-6-7-13(11-14)17(24)21-18(3,4)10-9-15(22)19-5/h6-8,11-12H,9-10H2,1-5H3,(H,19,22)(H,20,23)(H,21,24). The highest BCUT2D eigenvalue weighted by atomic mass is 16.2. The largest absolute Gasteiger partial charge is 0.359 e. The zero-order valence-corrected chi connectivity index (χ0v) is 15.0. The number of carbonyl (C=O) groups is 3. The van der Waals surface area contributed by atoms with Gasteiger partial charge in [0.05, 0.1) is 0 Å². The fraction of sp³-hybridized carbons (Fsp3) is 0.500. The second-order valence-corrected chi connectivity index (χ2v) is 6.74. The van der Waals surface area contributed by atoms with E-state index in [1.807, 2.05) is 13.8 Å². The molecule has 0 atom stereocenters. The molecule has 0 unspecified atom stereocenters. The molecule has 0 aliphatic carbocycles. The predicted molar refractivity (Wildman–Crippen MR) is 94.8 cm³/mol. The summed E-state index contributed by atoms with van der Waals surface area (Å²) in [4.78, 5) is 35.5. The number of carbonyl (C=O) groups excluding carboxylic acids is 3. The summed E-state index contributed by atoms with van der Waals surface area (Å²) in [6.45, 7) is 7.36. The summed E-state index contributed by atoms with van der Waals surface area (Å²) in [6.07, 6.45) is 0.871. The Labute approximate surface area is 143 Å². The zero-order chi connectivity index (χ0) is 18.3. The van der Waals surface area contributed by atoms with Crippen molar-refractivity contribution in [3.05, 3.63) is 29.8 Å². The average Bonchev–Trinajstić information content (AvgIpc) is 2.52. The summed E-state index contributed by atoms with van der Waals surface area (Å²) in [5, 5.41) is 8.26. The van der Waals surface area contributed by atoms with E-state index in [4.69, 9.17) is 0 Å². The van der Waals surface area contributed by atoms with Crippen LogP contribution in [0.3, 0.4) is 0 Å². The number of anilines is 1. The molecule has 3 amide bonds. The van der Waals surface area contributed by atoms with Gasteiger partial charge in [0.1, 0.15) is 0 Å². The van der Waals surface area contributed by atoms with Crippen LogP contribution >= 0.6 is 0 Å². The van der Waals surface area contributed by atoms with Crippen LogP contribution in [-0.2, 0) is 9.59 Å². The van der Waals surface area contributed by atoms with Gasteiger partial charge in [-0.15, -0.1) is 0 Å². The molecule has 1 rings (SSSR count). The third-order valence-corrected chi connectivity index (χ3v) is 3.62. The highest BCUT2D eigenvalue weighted by Crippen LogP contribution is 2.15. The van der Waals surface area contributed by atoms with Gasteiger partial charge in [0, 0.05) is 36.2 Å². The number of benzene rings is 1. The van der Waals surface area contributed by atoms with Gasteiger partial charge < -0.3 is 16.0 Å². The van der Waals surface area contributed by atoms with Crippen LogP contribution in [0.25, 0.3) is 0 Å². The fourth-order valence-corrected chi connectivity index (χ4v) is 2.02. The van der Waals surface area contributed by atoms with E-state index >= 15 is 0 Å². The summed E-state index contributed by atoms with van der Waals surface area (Å²) in [6, 6.07) is 6.80. The molecule has 3 N–H and O–H groups in total. The summed E-state index contributed by atoms with van der Waals surface area (Å²) in [5.41, 5.74) is 0.537. The highest BCUT2D eigenvalue weighted by Gasteiger charge is 2.22. The number of rotatable bonds is 7. The van der Waals surface area contributed by atoms with Gasteiger partial charge in [-0.3, -0.25) is 14.4 Å². The first-order chi connectivity index (χ1) is 11.1. The Morgan fingerprint density at radius 3 is 2.42 bits per heavy atom. The smallest absolute Gasteiger partial charge is 0.251 e. The van der Waals surface area contributed by atoms with Gasteiger partial charge in [0.2, 0.25) is 11.8 Å². The predicted octanol–water partition coefficient (Wildman–Crippen LogP) is 2.32. The van der Waals surface area contributed by atoms with Gasteiger partial charge in [0.25, 0.3) is 5.91 Å². The summed E-state index contributed by atoms with van der Waals surface area (Å²) >= 11 is 0. The van der Waals surface area contributed by atoms with Gasteiger partial charge in [-0.05, 0) is 38.5 Å². The molecular weight excluding hydrogens is 306 g/mol. The molecule has 0 radical (unpaired) electrons. The molecule has 132 valence electrons. The van der Waals surface area contributed by atoms with E-state index in [1.165, 1.54) is 0 Å². The number of amides is 3. The van der Waals surface area contributed by atoms with Gasteiger partial charge >= 0.3 is 0 Å². The Bertz CT molecular complexity index is 609. The first-order valence-electron chi connectivity index (χ1n) is 8.08. The molecule has 6 heteroatoms. The molecule has 0 aliphatic heterocycles. The van der Waals surface area contributed by atoms with Crippen molar-refractivity contribution in [3.63, 3.8) is 0 Å². The topological polar surface area (TPSA) is 87.3 Å². The van der Waals surface area contributed by atoms with Crippen LogP contribution in [0.15, 0.2) is 24.3 Å². The Hall–Kier alpha value is -2.37. The zero-order valence-electron chi connectivity index (χ0n) is 15.0. The summed E-state index contributed by atoms with van der Waals surface area (Å²) in [5.74, 6) is -0.530. The monoisotopic (exact) mass is 333 g/mol. The lowest BCUT2D eigenvalue weighted by atomic mass is 9.97. The Morgan fingerprint density at radius 2 is 1.83 bits per heavy atom. The van der Waals surface area contributed by atoms with Crippen LogP contribution in [0.5, 0.6) is 0 Å². The second kappa shape index (κ2) is 8.47. The second-order valence-electron chi connectivity index (χ2n) is 6.74. The molecule has 0 fully saturated rings. The maximum Gasteiger partial charge on any atom is 0.251 e. The quantitative estimate of drug-likeness (QED) is 0.715. The van der Waals surface area contributed by atoms with Gasteiger partial charge in [0.15, 0.2) is 0 Å². The van der Waals surface area contributed by atoms with E-state index in [2.05, 4.69) is 16.0 Å². The normalized spacial score (nSPS) is 11.1. The van der Waals surface area contributed by atoms with Crippen LogP contribution in [0.2, 0.25) is 0 Å². The first-order valence-corrected chi connectivity index (χ1v) is 8.08. The van der Waals surface area contributed by atoms with E-state index in [9.17, 15) is 14.4 Å². The number of hydrogen-bond acceptors (Lipinski definition) is 3. The molecule has 0 aliphatic rings. The fourth-order valence-electron chi connectivity index (χ4n) is 2.02. The maximum absolute atomic E-state index is 12.4. The lowest BCUT2D eigenvalue weighted by molar-refractivity contribution is -0.121.